The fraction of sp³-hybridized carbons (Fsp3) is 0.259. The van der Waals surface area contributed by atoms with E-state index in [1.165, 1.54) is 0 Å². The van der Waals surface area contributed by atoms with Gasteiger partial charge >= 0.3 is 0 Å². The smallest absolute Gasteiger partial charge is 0.220 e. The Labute approximate surface area is 185 Å². The molecule has 4 nitrogen and oxygen atoms in total. The minimum absolute atomic E-state index is 0.0618. The topological polar surface area (TPSA) is 35.9 Å². The van der Waals surface area contributed by atoms with Gasteiger partial charge in [0, 0.05) is 25.7 Å². The second-order valence-corrected chi connectivity index (χ2v) is 7.50. The van der Waals surface area contributed by atoms with Gasteiger partial charge in [-0.25, -0.2) is 0 Å². The zero-order chi connectivity index (χ0) is 22.1. The summed E-state index contributed by atoms with van der Waals surface area (Å²) in [6.45, 7) is 9.53. The molecule has 2 aromatic carbocycles. The Kier molecular flexibility index (Phi) is 7.99. The average molecular weight is 414 g/mol. The quantitative estimate of drug-likeness (QED) is 0.584. The van der Waals surface area contributed by atoms with E-state index in [0.29, 0.717) is 13.1 Å². The summed E-state index contributed by atoms with van der Waals surface area (Å²) in [7, 11) is 0. The molecule has 1 heterocycles. The molecule has 1 fully saturated rings. The number of hydrogen-bond acceptors (Lipinski definition) is 2. The van der Waals surface area contributed by atoms with E-state index in [4.69, 9.17) is 4.99 Å². The molecule has 0 spiro atoms. The highest BCUT2D eigenvalue weighted by atomic mass is 16.2. The van der Waals surface area contributed by atoms with E-state index >= 15 is 0 Å². The van der Waals surface area contributed by atoms with Crippen LogP contribution in [0.4, 0.5) is 0 Å². The maximum Gasteiger partial charge on any atom is 0.220 e. The fourth-order valence-corrected chi connectivity index (χ4v) is 3.93. The van der Waals surface area contributed by atoms with Gasteiger partial charge in [-0.15, -0.1) is 0 Å². The summed E-state index contributed by atoms with van der Waals surface area (Å²) >= 11 is 0. The van der Waals surface area contributed by atoms with Crippen LogP contribution in [0.5, 0.6) is 0 Å². The third-order valence-corrected chi connectivity index (χ3v) is 5.41. The van der Waals surface area contributed by atoms with Crippen LogP contribution in [0.3, 0.4) is 0 Å². The number of hydrogen-bond donors (Lipinski definition) is 0. The predicted molar refractivity (Wildman–Crippen MR) is 129 cm³/mol. The first-order valence-electron chi connectivity index (χ1n) is 10.8. The van der Waals surface area contributed by atoms with Crippen molar-refractivity contribution in [3.63, 3.8) is 0 Å². The highest BCUT2D eigenvalue weighted by molar-refractivity contribution is 5.94. The Morgan fingerprint density at radius 1 is 1.10 bits per heavy atom. The minimum atomic E-state index is -0.239. The lowest BCUT2D eigenvalue weighted by atomic mass is 10.0. The summed E-state index contributed by atoms with van der Waals surface area (Å²) in [4.78, 5) is 22.0. The van der Waals surface area contributed by atoms with Crippen LogP contribution < -0.4 is 0 Å². The third kappa shape index (κ3) is 5.60. The van der Waals surface area contributed by atoms with E-state index in [9.17, 15) is 4.79 Å². The fourth-order valence-electron chi connectivity index (χ4n) is 3.93. The van der Waals surface area contributed by atoms with Crippen molar-refractivity contribution < 1.29 is 4.79 Å². The lowest BCUT2D eigenvalue weighted by Crippen LogP contribution is -2.41. The number of aliphatic imine (C=N–C) groups is 1. The van der Waals surface area contributed by atoms with E-state index in [0.717, 1.165) is 35.6 Å². The van der Waals surface area contributed by atoms with Gasteiger partial charge in [-0.2, -0.15) is 0 Å². The van der Waals surface area contributed by atoms with Crippen LogP contribution in [-0.4, -0.2) is 34.6 Å². The lowest BCUT2D eigenvalue weighted by molar-refractivity contribution is -0.130. The minimum Gasteiger partial charge on any atom is -0.329 e. The molecule has 1 amide bonds. The number of rotatable bonds is 6. The van der Waals surface area contributed by atoms with Gasteiger partial charge in [0.1, 0.15) is 11.9 Å². The third-order valence-electron chi connectivity index (χ3n) is 5.41. The number of carbonyl (C=O) groups excluding carboxylic acids is 1. The Balaban J connectivity index is 2.14. The van der Waals surface area contributed by atoms with Gasteiger partial charge in [0.2, 0.25) is 5.91 Å². The van der Waals surface area contributed by atoms with Crippen molar-refractivity contribution in [3.8, 4) is 0 Å². The molecule has 0 radical (unpaired) electrons. The zero-order valence-electron chi connectivity index (χ0n) is 18.4. The summed E-state index contributed by atoms with van der Waals surface area (Å²) in [5, 5.41) is 0. The van der Waals surface area contributed by atoms with Crippen molar-refractivity contribution >= 4 is 11.7 Å². The molecule has 3 rings (SSSR count). The second-order valence-electron chi connectivity index (χ2n) is 7.50. The number of amides is 1. The maximum atomic E-state index is 12.7. The largest absolute Gasteiger partial charge is 0.329 e. The lowest BCUT2D eigenvalue weighted by Gasteiger charge is -2.34. The van der Waals surface area contributed by atoms with Crippen LogP contribution in [-0.2, 0) is 11.3 Å². The van der Waals surface area contributed by atoms with Gasteiger partial charge in [0.25, 0.3) is 0 Å². The van der Waals surface area contributed by atoms with Crippen LogP contribution in [0.2, 0.25) is 0 Å². The van der Waals surface area contributed by atoms with Crippen molar-refractivity contribution in [2.75, 3.05) is 13.1 Å². The molecule has 0 N–H and O–H groups in total. The molecular weight excluding hydrogens is 382 g/mol. The van der Waals surface area contributed by atoms with Gasteiger partial charge < -0.3 is 9.80 Å². The van der Waals surface area contributed by atoms with Crippen LogP contribution in [0.25, 0.3) is 0 Å². The first kappa shape index (κ1) is 22.3. The molecule has 0 aliphatic carbocycles. The van der Waals surface area contributed by atoms with Gasteiger partial charge in [0.05, 0.1) is 6.54 Å². The number of amidine groups is 1. The summed E-state index contributed by atoms with van der Waals surface area (Å²) in [6, 6.07) is 20.2. The normalized spacial score (nSPS) is 19.0. The van der Waals surface area contributed by atoms with Crippen LogP contribution >= 0.6 is 0 Å². The van der Waals surface area contributed by atoms with Crippen molar-refractivity contribution in [3.05, 3.63) is 108 Å². The molecule has 4 heteroatoms. The Hall–Kier alpha value is -3.40. The molecule has 1 aliphatic rings. The molecule has 160 valence electrons. The van der Waals surface area contributed by atoms with Gasteiger partial charge in [-0.3, -0.25) is 9.79 Å². The number of allylic oxidation sites excluding steroid dienone is 4. The van der Waals surface area contributed by atoms with Gasteiger partial charge in [-0.1, -0.05) is 85.5 Å². The van der Waals surface area contributed by atoms with Crippen molar-refractivity contribution in [2.24, 2.45) is 4.99 Å². The van der Waals surface area contributed by atoms with Crippen molar-refractivity contribution in [2.45, 2.75) is 32.9 Å². The second kappa shape index (κ2) is 11.1. The average Bonchev–Trinajstić information content (AvgIpc) is 2.99. The van der Waals surface area contributed by atoms with Crippen molar-refractivity contribution in [1.82, 2.24) is 9.80 Å². The standard InChI is InChI=1S/C27H31N3O/c1-4-6-18-25(5-2)30-20-13-19-29(22(3)31)26(24-16-11-8-12-17-24)27(30)28-21-23-14-9-7-10-15-23/h4-12,14-18,26H,1,13,19-21H2,2-3H3/b18-6-,25-5+,28-27?. The molecule has 2 aromatic rings. The number of benzene rings is 2. The van der Waals surface area contributed by atoms with E-state index < -0.39 is 0 Å². The van der Waals surface area contributed by atoms with E-state index in [2.05, 4.69) is 47.9 Å². The molecule has 1 saturated heterocycles. The molecular formula is C27H31N3O. The Bertz CT molecular complexity index is 960. The highest BCUT2D eigenvalue weighted by Crippen LogP contribution is 2.30. The molecule has 0 aromatic heterocycles. The van der Waals surface area contributed by atoms with E-state index in [1.807, 2.05) is 54.3 Å². The van der Waals surface area contributed by atoms with Crippen LogP contribution in [0.1, 0.15) is 37.4 Å². The molecule has 1 aliphatic heterocycles. The predicted octanol–water partition coefficient (Wildman–Crippen LogP) is 5.53. The van der Waals surface area contributed by atoms with E-state index in [1.54, 1.807) is 13.0 Å². The van der Waals surface area contributed by atoms with Gasteiger partial charge in [0.15, 0.2) is 0 Å². The van der Waals surface area contributed by atoms with E-state index in [-0.39, 0.29) is 11.9 Å². The summed E-state index contributed by atoms with van der Waals surface area (Å²) in [5.74, 6) is 0.955. The Morgan fingerprint density at radius 2 is 1.77 bits per heavy atom. The first-order chi connectivity index (χ1) is 15.2. The first-order valence-corrected chi connectivity index (χ1v) is 10.8. The monoisotopic (exact) mass is 413 g/mol. The SMILES string of the molecule is C=C/C=C\C(=C/C)N1CCCN(C(C)=O)C(c2ccccc2)C1=NCc1ccccc1. The summed E-state index contributed by atoms with van der Waals surface area (Å²) < 4.78 is 0. The summed E-state index contributed by atoms with van der Waals surface area (Å²) in [5.41, 5.74) is 3.27. The molecule has 0 bridgehead atoms. The molecule has 1 atom stereocenters. The zero-order valence-corrected chi connectivity index (χ0v) is 18.4. The Morgan fingerprint density at radius 3 is 2.39 bits per heavy atom. The van der Waals surface area contributed by atoms with Crippen molar-refractivity contribution in [1.29, 1.82) is 0 Å². The van der Waals surface area contributed by atoms with Crippen LogP contribution in [0.15, 0.2) is 102 Å². The maximum absolute atomic E-state index is 12.7. The van der Waals surface area contributed by atoms with Crippen LogP contribution in [0, 0.1) is 0 Å². The molecule has 31 heavy (non-hydrogen) atoms. The summed E-state index contributed by atoms with van der Waals surface area (Å²) in [6.07, 6.45) is 8.72. The molecule has 0 saturated carbocycles. The number of carbonyl (C=O) groups is 1. The molecule has 1 unspecified atom stereocenters. The van der Waals surface area contributed by atoms with Gasteiger partial charge in [-0.05, 0) is 30.5 Å². The number of nitrogens with zero attached hydrogens (tertiary/aromatic N) is 3. The highest BCUT2D eigenvalue weighted by Gasteiger charge is 2.34.